The molecule has 3 amide bonds. The van der Waals surface area contributed by atoms with Crippen LogP contribution in [0.4, 0.5) is 36.8 Å². The molecule has 0 aliphatic carbocycles. The van der Waals surface area contributed by atoms with Crippen LogP contribution in [0.15, 0.2) is 48.5 Å². The predicted molar refractivity (Wildman–Crippen MR) is 150 cm³/mol. The number of carbonyl (C=O) groups excluding carboxylic acids is 3. The fraction of sp³-hybridized carbons (Fsp3) is 0.367. The highest BCUT2D eigenvalue weighted by molar-refractivity contribution is 6.05. The molecule has 1 saturated heterocycles. The summed E-state index contributed by atoms with van der Waals surface area (Å²) >= 11 is 0. The van der Waals surface area contributed by atoms with E-state index < -0.39 is 59.2 Å². The summed E-state index contributed by atoms with van der Waals surface area (Å²) in [6.45, 7) is 6.11. The van der Waals surface area contributed by atoms with E-state index in [9.17, 15) is 40.7 Å². The largest absolute Gasteiger partial charge is 0.459 e. The van der Waals surface area contributed by atoms with E-state index >= 15 is 0 Å². The summed E-state index contributed by atoms with van der Waals surface area (Å²) in [6, 6.07) is 7.88. The van der Waals surface area contributed by atoms with Crippen LogP contribution in [0.25, 0.3) is 11.4 Å². The number of amides is 3. The molecule has 1 aliphatic heterocycles. The Morgan fingerprint density at radius 3 is 2.07 bits per heavy atom. The van der Waals surface area contributed by atoms with E-state index in [1.165, 1.54) is 9.80 Å². The highest BCUT2D eigenvalue weighted by Crippen LogP contribution is 2.37. The van der Waals surface area contributed by atoms with Gasteiger partial charge in [0.25, 0.3) is 5.91 Å². The molecule has 4 rings (SSSR count). The fourth-order valence-electron chi connectivity index (χ4n) is 4.78. The van der Waals surface area contributed by atoms with Crippen LogP contribution in [-0.2, 0) is 17.1 Å². The molecule has 0 radical (unpaired) electrons. The minimum absolute atomic E-state index is 0.0358. The zero-order valence-electron chi connectivity index (χ0n) is 24.6. The minimum Gasteiger partial charge on any atom is -0.459 e. The van der Waals surface area contributed by atoms with Gasteiger partial charge in [-0.05, 0) is 45.9 Å². The van der Waals surface area contributed by atoms with Crippen molar-refractivity contribution in [2.45, 2.75) is 52.2 Å². The lowest BCUT2D eigenvalue weighted by molar-refractivity contribution is -0.143. The summed E-state index contributed by atoms with van der Waals surface area (Å²) in [5, 5.41) is 2.12. The number of hydrogen-bond donors (Lipinski definition) is 1. The van der Waals surface area contributed by atoms with E-state index in [0.717, 1.165) is 0 Å². The first-order valence-electron chi connectivity index (χ1n) is 13.8. The van der Waals surface area contributed by atoms with Gasteiger partial charge in [-0.1, -0.05) is 30.3 Å². The van der Waals surface area contributed by atoms with E-state index in [1.807, 2.05) is 0 Å². The molecule has 1 atom stereocenters. The average molecular weight is 638 g/mol. The van der Waals surface area contributed by atoms with Gasteiger partial charge in [-0.2, -0.15) is 26.3 Å². The molecule has 240 valence electrons. The maximum atomic E-state index is 13.8. The quantitative estimate of drug-likeness (QED) is 0.255. The average Bonchev–Trinajstić information content (AvgIpc) is 2.95. The molecule has 15 heteroatoms. The van der Waals surface area contributed by atoms with Gasteiger partial charge < -0.3 is 19.9 Å². The lowest BCUT2D eigenvalue weighted by atomic mass is 10.1. The van der Waals surface area contributed by atoms with Gasteiger partial charge in [0.1, 0.15) is 11.3 Å². The van der Waals surface area contributed by atoms with Crippen molar-refractivity contribution < 1.29 is 45.5 Å². The summed E-state index contributed by atoms with van der Waals surface area (Å²) in [6.07, 6.45) is -10.7. The van der Waals surface area contributed by atoms with Crippen LogP contribution in [0.5, 0.6) is 0 Å². The molecule has 45 heavy (non-hydrogen) atoms. The van der Waals surface area contributed by atoms with E-state index in [-0.39, 0.29) is 48.5 Å². The Bertz CT molecular complexity index is 1560. The number of esters is 1. The Kier molecular flexibility index (Phi) is 9.40. The second-order valence-electron chi connectivity index (χ2n) is 10.7. The van der Waals surface area contributed by atoms with Gasteiger partial charge in [0.2, 0.25) is 0 Å². The monoisotopic (exact) mass is 637 g/mol. The molecule has 1 unspecified atom stereocenters. The van der Waals surface area contributed by atoms with Gasteiger partial charge in [0.05, 0.1) is 22.9 Å². The number of nitrogens with zero attached hydrogens (tertiary/aromatic N) is 4. The molecule has 9 nitrogen and oxygen atoms in total. The zero-order chi connectivity index (χ0) is 33.3. The highest BCUT2D eigenvalue weighted by Gasteiger charge is 2.38. The van der Waals surface area contributed by atoms with Crippen LogP contribution in [0.1, 0.15) is 58.4 Å². The van der Waals surface area contributed by atoms with Gasteiger partial charge in [-0.25, -0.2) is 19.6 Å². The van der Waals surface area contributed by atoms with E-state index in [1.54, 1.807) is 58.0 Å². The first kappa shape index (κ1) is 33.2. The van der Waals surface area contributed by atoms with Crippen molar-refractivity contribution in [2.24, 2.45) is 0 Å². The fourth-order valence-corrected chi connectivity index (χ4v) is 4.78. The third-order valence-corrected chi connectivity index (χ3v) is 6.89. The van der Waals surface area contributed by atoms with Gasteiger partial charge in [0, 0.05) is 36.9 Å². The molecular weight excluding hydrogens is 608 g/mol. The van der Waals surface area contributed by atoms with Gasteiger partial charge in [0.15, 0.2) is 5.82 Å². The third kappa shape index (κ3) is 7.70. The summed E-state index contributed by atoms with van der Waals surface area (Å²) in [4.78, 5) is 51.2. The first-order valence-corrected chi connectivity index (χ1v) is 13.8. The lowest BCUT2D eigenvalue weighted by Crippen LogP contribution is -2.56. The number of halogens is 6. The van der Waals surface area contributed by atoms with Crippen molar-refractivity contribution in [1.29, 1.82) is 0 Å². The molecule has 0 saturated carbocycles. The Morgan fingerprint density at radius 1 is 0.933 bits per heavy atom. The maximum Gasteiger partial charge on any atom is 0.416 e. The molecule has 2 aromatic carbocycles. The summed E-state index contributed by atoms with van der Waals surface area (Å²) < 4.78 is 85.0. The van der Waals surface area contributed by atoms with Crippen LogP contribution in [0, 0.1) is 6.92 Å². The standard InChI is InChI=1S/C30H29F6N5O4/c1-16(2)45-27(43)23-18(4)37-25(19-8-6-5-7-9-19)39-24(23)26(42)40-10-11-41(17(3)15-40)28(44)38-22-13-20(29(31,32)33)12-21(14-22)30(34,35)36/h5-9,12-14,16-17H,10-11,15H2,1-4H3,(H,38,44). The van der Waals surface area contributed by atoms with Gasteiger partial charge in [-0.15, -0.1) is 0 Å². The van der Waals surface area contributed by atoms with Crippen molar-refractivity contribution >= 4 is 23.6 Å². The summed E-state index contributed by atoms with van der Waals surface area (Å²) in [5.74, 6) is -1.24. The Hall–Kier alpha value is -4.69. The summed E-state index contributed by atoms with van der Waals surface area (Å²) in [5.41, 5.74) is -3.35. The smallest absolute Gasteiger partial charge is 0.416 e. The molecule has 1 aromatic heterocycles. The van der Waals surface area contributed by atoms with Crippen LogP contribution in [0.2, 0.25) is 0 Å². The molecule has 3 aromatic rings. The number of alkyl halides is 6. The van der Waals surface area contributed by atoms with Crippen molar-refractivity contribution in [1.82, 2.24) is 19.8 Å². The Morgan fingerprint density at radius 2 is 1.53 bits per heavy atom. The van der Waals surface area contributed by atoms with Crippen LogP contribution < -0.4 is 5.32 Å². The molecule has 1 N–H and O–H groups in total. The number of carbonyl (C=O) groups is 3. The predicted octanol–water partition coefficient (Wildman–Crippen LogP) is 6.43. The number of urea groups is 1. The number of benzene rings is 2. The number of piperazine rings is 1. The normalized spacial score (nSPS) is 15.7. The molecule has 1 fully saturated rings. The first-order chi connectivity index (χ1) is 21.0. The van der Waals surface area contributed by atoms with Crippen molar-refractivity contribution in [3.8, 4) is 11.4 Å². The number of aromatic nitrogens is 2. The second kappa shape index (κ2) is 12.7. The zero-order valence-corrected chi connectivity index (χ0v) is 24.6. The Labute approximate surface area is 254 Å². The number of hydrogen-bond acceptors (Lipinski definition) is 6. The third-order valence-electron chi connectivity index (χ3n) is 6.89. The van der Waals surface area contributed by atoms with E-state index in [0.29, 0.717) is 17.7 Å². The van der Waals surface area contributed by atoms with Gasteiger partial charge >= 0.3 is 24.4 Å². The van der Waals surface area contributed by atoms with Crippen molar-refractivity contribution in [2.75, 3.05) is 25.0 Å². The van der Waals surface area contributed by atoms with Crippen LogP contribution >= 0.6 is 0 Å². The second-order valence-corrected chi connectivity index (χ2v) is 10.7. The van der Waals surface area contributed by atoms with Crippen molar-refractivity contribution in [3.05, 3.63) is 76.6 Å². The number of ether oxygens (including phenoxy) is 1. The van der Waals surface area contributed by atoms with Crippen LogP contribution in [0.3, 0.4) is 0 Å². The number of nitrogens with one attached hydrogen (secondary N) is 1. The molecule has 0 bridgehead atoms. The Balaban J connectivity index is 1.58. The SMILES string of the molecule is Cc1nc(-c2ccccc2)nc(C(=O)N2CCN(C(=O)Nc3cc(C(F)(F)F)cc(C(F)(F)F)c3)C(C)C2)c1C(=O)OC(C)C. The van der Waals surface area contributed by atoms with E-state index in [2.05, 4.69) is 15.3 Å². The van der Waals surface area contributed by atoms with Crippen LogP contribution in [-0.4, -0.2) is 69.5 Å². The van der Waals surface area contributed by atoms with E-state index in [4.69, 9.17) is 4.74 Å². The number of aryl methyl sites for hydroxylation is 1. The van der Waals surface area contributed by atoms with Gasteiger partial charge in [-0.3, -0.25) is 4.79 Å². The minimum atomic E-state index is -5.08. The summed E-state index contributed by atoms with van der Waals surface area (Å²) in [7, 11) is 0. The topological polar surface area (TPSA) is 105 Å². The van der Waals surface area contributed by atoms with Crippen molar-refractivity contribution in [3.63, 3.8) is 0 Å². The number of rotatable bonds is 5. The molecule has 1 aliphatic rings. The maximum absolute atomic E-state index is 13.8. The number of anilines is 1. The molecule has 2 heterocycles. The highest BCUT2D eigenvalue weighted by atomic mass is 19.4. The molecule has 0 spiro atoms. The molecular formula is C30H29F6N5O4. The lowest BCUT2D eigenvalue weighted by Gasteiger charge is -2.39.